The number of alkyl halides is 7. The van der Waals surface area contributed by atoms with E-state index < -0.39 is 47.5 Å². The van der Waals surface area contributed by atoms with Gasteiger partial charge in [-0.3, -0.25) is 23.9 Å². The van der Waals surface area contributed by atoms with Crippen molar-refractivity contribution in [1.29, 1.82) is 0 Å². The number of rotatable bonds is 15. The van der Waals surface area contributed by atoms with Gasteiger partial charge in [0.15, 0.2) is 28.3 Å². The van der Waals surface area contributed by atoms with Crippen LogP contribution < -0.4 is 42.6 Å². The lowest BCUT2D eigenvalue weighted by molar-refractivity contribution is -0.143. The van der Waals surface area contributed by atoms with Crippen molar-refractivity contribution in [3.8, 4) is 80.1 Å². The molecule has 12 aromatic rings. The first-order chi connectivity index (χ1) is 63.8. The summed E-state index contributed by atoms with van der Waals surface area (Å²) in [7, 11) is 5.07. The third kappa shape index (κ3) is 17.5. The normalized spacial score (nSPS) is 17.1. The zero-order valence-corrected chi connectivity index (χ0v) is 73.0. The van der Waals surface area contributed by atoms with Crippen LogP contribution in [0.2, 0.25) is 0 Å². The summed E-state index contributed by atoms with van der Waals surface area (Å²) in [5, 5.41) is 4.36. The highest BCUT2D eigenvalue weighted by Gasteiger charge is 2.52. The zero-order valence-electron chi connectivity index (χ0n) is 73.0. The minimum atomic E-state index is -4.54. The standard InChI is InChI=1S/C28H30N2O4.C26H28N2O4.C24H19F5N2O3.C23H20F3N3O3/c1-32-25-19-20(12-13-24(25)33-21-7-2-3-8-21)27(31)29-17-14-28(15-18-29)26-11-6-16-30(26)22-9-4-5-10-23(22)34-28;1-19-18-20(9-10-22(19)31-17-16-30-2)25(29)27-14-11-26(12-15-27)24-8-5-13-28(24)21-6-3-4-7-23(21)32-26;25-22(26)33-16-7-5-15(6-8-16)21(32)30-13-11-23(12-14-30)19-9-10-20(24(27,28)29)31(19)17-3-1-2-4-18(17)34-23;1-28-20-16-12-14(24)6-7-19(16)32-23(17(20)13-27-28)8-10-29(11-9-23)21(30)15-4-2-3-5-18(15)31-22(25)26/h4-6,9-13,16,19,21H,2-3,7-8,14-15,17-18H2,1H3;3-10,13,18H,11-12,14-17H2,1-2H3;1-10,22H,11-14H2;2-7,12-13,22H,8-11H2,1H3. The number of fused-ring (bicyclic) bond motifs is 16. The molecule has 4 spiro atoms. The number of carbonyl (C=O) groups is 4. The molecule has 9 aliphatic rings. The fraction of sp³-hybridized carbons (Fsp3) is 0.337. The number of amides is 4. The maximum atomic E-state index is 13.9. The van der Waals surface area contributed by atoms with Crippen LogP contribution in [0.1, 0.15) is 152 Å². The summed E-state index contributed by atoms with van der Waals surface area (Å²) in [6, 6.07) is 60.7. The minimum Gasteiger partial charge on any atom is -0.493 e. The molecule has 8 aliphatic heterocycles. The zero-order chi connectivity index (χ0) is 91.8. The molecule has 0 radical (unpaired) electrons. The highest BCUT2D eigenvalue weighted by Crippen LogP contribution is 2.53. The SMILES string of the molecule is COCCOc1ccc(C(=O)N2CCC3(CC2)Oc2ccccc2-n2cccc23)cc1C.COc1cc(C(=O)N2CCC3(CC2)Oc2ccccc2-n2cccc23)ccc1OC1CCCC1.Cn1ncc2c1-c1cc(F)ccc1OC21CCN(C(=O)c2ccccc2OC(F)F)CC1.O=C(c1ccc(OC(F)F)cc1)N1CCC2(CC1)Oc1ccccc1-n1c(C(F)(F)F)ccc12. The van der Waals surface area contributed by atoms with Crippen molar-refractivity contribution in [3.05, 3.63) is 293 Å². The van der Waals surface area contributed by atoms with Crippen LogP contribution in [0.25, 0.3) is 28.3 Å². The van der Waals surface area contributed by atoms with Crippen molar-refractivity contribution in [3.63, 3.8) is 0 Å². The predicted molar refractivity (Wildman–Crippen MR) is 471 cm³/mol. The van der Waals surface area contributed by atoms with Crippen molar-refractivity contribution in [1.82, 2.24) is 43.1 Å². The molecule has 4 aromatic heterocycles. The van der Waals surface area contributed by atoms with E-state index in [2.05, 4.69) is 72.5 Å². The summed E-state index contributed by atoms with van der Waals surface area (Å²) >= 11 is 0. The molecule has 4 saturated heterocycles. The summed E-state index contributed by atoms with van der Waals surface area (Å²) in [5.41, 5.74) is 6.84. The number of aryl methyl sites for hydroxylation is 2. The molecule has 0 N–H and O–H groups in total. The van der Waals surface area contributed by atoms with Gasteiger partial charge in [0.2, 0.25) is 0 Å². The Labute approximate surface area is 756 Å². The number of hydrogen-bond acceptors (Lipinski definition) is 15. The Hall–Kier alpha value is -13.7. The lowest BCUT2D eigenvalue weighted by Crippen LogP contribution is -2.50. The molecular formula is C101H97F8N9O14. The maximum Gasteiger partial charge on any atom is 0.431 e. The summed E-state index contributed by atoms with van der Waals surface area (Å²) < 4.78 is 170. The number of halogens is 8. The first-order valence-corrected chi connectivity index (χ1v) is 44.2. The van der Waals surface area contributed by atoms with Crippen molar-refractivity contribution in [2.45, 2.75) is 132 Å². The molecule has 686 valence electrons. The van der Waals surface area contributed by atoms with Crippen molar-refractivity contribution >= 4 is 23.6 Å². The van der Waals surface area contributed by atoms with Crippen LogP contribution in [-0.2, 0) is 40.4 Å². The maximum absolute atomic E-state index is 13.9. The third-order valence-electron chi connectivity index (χ3n) is 26.3. The summed E-state index contributed by atoms with van der Waals surface area (Å²) in [6.07, 6.45) is 10.7. The van der Waals surface area contributed by atoms with E-state index in [0.29, 0.717) is 129 Å². The van der Waals surface area contributed by atoms with Gasteiger partial charge in [-0.05, 0) is 202 Å². The molecule has 23 nitrogen and oxygen atoms in total. The third-order valence-corrected chi connectivity index (χ3v) is 26.3. The van der Waals surface area contributed by atoms with Gasteiger partial charge < -0.3 is 80.7 Å². The number of hydrogen-bond donors (Lipinski definition) is 0. The minimum absolute atomic E-state index is 0.0205. The van der Waals surface area contributed by atoms with Gasteiger partial charge in [0.1, 0.15) is 64.0 Å². The number of nitrogens with zero attached hydrogens (tertiary/aromatic N) is 9. The lowest BCUT2D eigenvalue weighted by atomic mass is 9.81. The van der Waals surface area contributed by atoms with E-state index in [1.165, 1.54) is 72.0 Å². The van der Waals surface area contributed by atoms with Gasteiger partial charge in [-0.1, -0.05) is 48.5 Å². The van der Waals surface area contributed by atoms with Crippen LogP contribution in [-0.4, -0.2) is 166 Å². The van der Waals surface area contributed by atoms with Gasteiger partial charge in [-0.2, -0.15) is 35.8 Å². The average Bonchev–Trinajstić information content (AvgIpc) is 1.49. The molecule has 8 aromatic carbocycles. The number of likely N-dealkylation sites (tertiary alicyclic amines) is 4. The Bertz CT molecular complexity index is 6230. The summed E-state index contributed by atoms with van der Waals surface area (Å²) in [4.78, 5) is 59.6. The molecule has 21 rings (SSSR count). The second-order valence-electron chi connectivity index (χ2n) is 34.1. The first kappa shape index (κ1) is 88.9. The fourth-order valence-corrected chi connectivity index (χ4v) is 19.7. The van der Waals surface area contributed by atoms with Crippen LogP contribution in [0.4, 0.5) is 35.1 Å². The smallest absolute Gasteiger partial charge is 0.431 e. The number of ether oxygens (including phenoxy) is 10. The van der Waals surface area contributed by atoms with E-state index in [1.807, 2.05) is 89.5 Å². The van der Waals surface area contributed by atoms with Gasteiger partial charge in [0.25, 0.3) is 23.6 Å². The number of piperidine rings is 4. The fourth-order valence-electron chi connectivity index (χ4n) is 19.7. The lowest BCUT2D eigenvalue weighted by Gasteiger charge is -2.45. The van der Waals surface area contributed by atoms with Gasteiger partial charge in [-0.25, -0.2) is 4.39 Å². The van der Waals surface area contributed by atoms with Crippen LogP contribution in [0, 0.1) is 12.7 Å². The summed E-state index contributed by atoms with van der Waals surface area (Å²) in [6.45, 7) is 0.792. The second kappa shape index (κ2) is 36.9. The molecular weight excluding hydrogens is 1720 g/mol. The van der Waals surface area contributed by atoms with Crippen molar-refractivity contribution in [2.75, 3.05) is 79.8 Å². The van der Waals surface area contributed by atoms with Gasteiger partial charge in [-0.15, -0.1) is 0 Å². The summed E-state index contributed by atoms with van der Waals surface area (Å²) in [5.74, 6) is 3.67. The monoisotopic (exact) mass is 1810 g/mol. The second-order valence-corrected chi connectivity index (χ2v) is 34.1. The first-order valence-electron chi connectivity index (χ1n) is 44.2. The predicted octanol–water partition coefficient (Wildman–Crippen LogP) is 19.6. The molecule has 132 heavy (non-hydrogen) atoms. The Morgan fingerprint density at radius 2 is 0.955 bits per heavy atom. The molecule has 1 aliphatic carbocycles. The molecule has 1 saturated carbocycles. The van der Waals surface area contributed by atoms with Crippen molar-refractivity contribution < 1.29 is 102 Å². The topological polar surface area (TPSA) is 206 Å². The van der Waals surface area contributed by atoms with Gasteiger partial charge in [0, 0.05) is 158 Å². The Morgan fingerprint density at radius 3 is 1.50 bits per heavy atom. The Kier molecular flexibility index (Phi) is 24.9. The van der Waals surface area contributed by atoms with E-state index in [-0.39, 0.29) is 65.7 Å². The molecule has 0 bridgehead atoms. The van der Waals surface area contributed by atoms with Crippen LogP contribution in [0.3, 0.4) is 0 Å². The quantitative estimate of drug-likeness (QED) is 0.0691. The van der Waals surface area contributed by atoms with Crippen LogP contribution in [0.15, 0.2) is 231 Å². The number of carbonyl (C=O) groups excluding carboxylic acids is 4. The highest BCUT2D eigenvalue weighted by atomic mass is 19.4. The number of benzene rings is 8. The molecule has 12 heterocycles. The van der Waals surface area contributed by atoms with E-state index in [1.54, 1.807) is 84.4 Å². The van der Waals surface area contributed by atoms with Crippen LogP contribution in [0.5, 0.6) is 51.7 Å². The average molecular weight is 1810 g/mol. The molecule has 0 atom stereocenters. The molecule has 4 amide bonds. The molecule has 31 heteroatoms. The number of para-hydroxylation sites is 7. The van der Waals surface area contributed by atoms with Gasteiger partial charge >= 0.3 is 19.4 Å². The van der Waals surface area contributed by atoms with Crippen LogP contribution >= 0.6 is 0 Å². The van der Waals surface area contributed by atoms with E-state index >= 15 is 0 Å². The molecule has 5 fully saturated rings. The number of methoxy groups -OCH3 is 2. The van der Waals surface area contributed by atoms with Crippen molar-refractivity contribution in [2.24, 2.45) is 7.05 Å². The Balaban J connectivity index is 0.000000118. The van der Waals surface area contributed by atoms with E-state index in [4.69, 9.17) is 37.9 Å². The van der Waals surface area contributed by atoms with E-state index in [9.17, 15) is 54.3 Å². The Morgan fingerprint density at radius 1 is 0.470 bits per heavy atom. The van der Waals surface area contributed by atoms with Gasteiger partial charge in [0.05, 0.1) is 71.4 Å². The largest absolute Gasteiger partial charge is 0.493 e. The van der Waals surface area contributed by atoms with E-state index in [0.717, 1.165) is 107 Å². The highest BCUT2D eigenvalue weighted by molar-refractivity contribution is 5.98. The number of aromatic nitrogens is 5. The molecule has 0 unspecified atom stereocenters.